The van der Waals surface area contributed by atoms with Crippen molar-refractivity contribution in [3.05, 3.63) is 0 Å². The van der Waals surface area contributed by atoms with Crippen molar-refractivity contribution in [1.82, 2.24) is 8.85 Å². The molecule has 1 aliphatic rings. The van der Waals surface area contributed by atoms with Crippen molar-refractivity contribution in [3.8, 4) is 0 Å². The highest BCUT2D eigenvalue weighted by molar-refractivity contribution is 14.1. The van der Waals surface area contributed by atoms with Gasteiger partial charge in [-0.2, -0.15) is 0 Å². The van der Waals surface area contributed by atoms with Crippen molar-refractivity contribution >= 4 is 29.0 Å². The number of carbonyl (C=O) groups is 1. The quantitative estimate of drug-likeness (QED) is 0.600. The molecule has 1 aliphatic carbocycles. The molecule has 94 valence electrons. The molecular weight excluding hydrogens is 319 g/mol. The summed E-state index contributed by atoms with van der Waals surface area (Å²) in [6.45, 7) is 5.63. The summed E-state index contributed by atoms with van der Waals surface area (Å²) in [7, 11) is 0. The Morgan fingerprint density at radius 3 is 2.31 bits per heavy atom. The Morgan fingerprint density at radius 1 is 1.25 bits per heavy atom. The topological polar surface area (TPSA) is 50.4 Å². The third-order valence-corrected chi connectivity index (χ3v) is 3.41. The Morgan fingerprint density at radius 2 is 1.81 bits per heavy atom. The number of rotatable bonds is 2. The van der Waals surface area contributed by atoms with Gasteiger partial charge in [0.25, 0.3) is 0 Å². The zero-order valence-corrected chi connectivity index (χ0v) is 12.3. The molecule has 0 bridgehead atoms. The van der Waals surface area contributed by atoms with E-state index in [2.05, 4.69) is 31.7 Å². The van der Waals surface area contributed by atoms with Crippen LogP contribution in [0.25, 0.3) is 0 Å². The molecule has 2 atom stereocenters. The molecule has 4 nitrogen and oxygen atoms in total. The molecule has 1 fully saturated rings. The van der Waals surface area contributed by atoms with E-state index in [1.165, 1.54) is 12.8 Å². The van der Waals surface area contributed by atoms with Crippen LogP contribution in [0.2, 0.25) is 0 Å². The second-order valence-corrected chi connectivity index (χ2v) is 5.88. The molecule has 2 unspecified atom stereocenters. The molecule has 0 aromatic heterocycles. The average molecular weight is 340 g/mol. The molecule has 1 saturated carbocycles. The summed E-state index contributed by atoms with van der Waals surface area (Å²) >= 11 is 2.15. The minimum atomic E-state index is -0.425. The molecule has 1 rings (SSSR count). The van der Waals surface area contributed by atoms with E-state index in [1.807, 2.05) is 20.8 Å². The van der Waals surface area contributed by atoms with Crippen LogP contribution in [-0.2, 0) is 4.74 Å². The summed E-state index contributed by atoms with van der Waals surface area (Å²) in [6, 6.07) is 0.558. The number of amides is 1. The summed E-state index contributed by atoms with van der Waals surface area (Å²) in [4.78, 5) is 11.6. The van der Waals surface area contributed by atoms with Gasteiger partial charge in [0.15, 0.2) is 0 Å². The number of hydrogen-bond donors (Lipinski definition) is 2. The fourth-order valence-electron chi connectivity index (χ4n) is 1.89. The van der Waals surface area contributed by atoms with E-state index in [9.17, 15) is 4.79 Å². The van der Waals surface area contributed by atoms with Crippen LogP contribution in [-0.4, -0.2) is 23.8 Å². The van der Waals surface area contributed by atoms with Crippen molar-refractivity contribution in [2.24, 2.45) is 0 Å². The molecule has 0 aromatic carbocycles. The standard InChI is InChI=1S/C11H21IN2O2/c1-11(2,3)16-10(15)13-8-6-4-5-7-9(8)14-12/h8-9,14H,4-7H2,1-3H3,(H,13,15). The highest BCUT2D eigenvalue weighted by Crippen LogP contribution is 2.20. The molecule has 0 heterocycles. The largest absolute Gasteiger partial charge is 0.444 e. The van der Waals surface area contributed by atoms with Gasteiger partial charge in [-0.15, -0.1) is 0 Å². The van der Waals surface area contributed by atoms with E-state index in [-0.39, 0.29) is 12.1 Å². The van der Waals surface area contributed by atoms with Crippen LogP contribution < -0.4 is 8.85 Å². The van der Waals surface area contributed by atoms with Crippen molar-refractivity contribution in [2.45, 2.75) is 64.1 Å². The van der Waals surface area contributed by atoms with Crippen molar-refractivity contribution < 1.29 is 9.53 Å². The summed E-state index contributed by atoms with van der Waals surface area (Å²) in [6.07, 6.45) is 4.24. The number of carbonyl (C=O) groups excluding carboxylic acids is 1. The first-order valence-corrected chi connectivity index (χ1v) is 6.86. The predicted molar refractivity (Wildman–Crippen MR) is 72.6 cm³/mol. The highest BCUT2D eigenvalue weighted by atomic mass is 127. The maximum absolute atomic E-state index is 11.6. The molecular formula is C11H21IN2O2. The van der Waals surface area contributed by atoms with Gasteiger partial charge >= 0.3 is 6.09 Å². The lowest BCUT2D eigenvalue weighted by atomic mass is 9.91. The molecule has 0 spiro atoms. The zero-order chi connectivity index (χ0) is 12.2. The SMILES string of the molecule is CC(C)(C)OC(=O)NC1CCCCC1NI. The average Bonchev–Trinajstić information content (AvgIpc) is 2.15. The zero-order valence-electron chi connectivity index (χ0n) is 10.2. The maximum Gasteiger partial charge on any atom is 0.407 e. The molecule has 0 aromatic rings. The van der Waals surface area contributed by atoms with Crippen LogP contribution in [0.3, 0.4) is 0 Å². The van der Waals surface area contributed by atoms with Crippen LogP contribution in [0.1, 0.15) is 46.5 Å². The van der Waals surface area contributed by atoms with E-state index in [0.29, 0.717) is 6.04 Å². The van der Waals surface area contributed by atoms with Gasteiger partial charge in [-0.05, 0) is 33.6 Å². The van der Waals surface area contributed by atoms with Crippen LogP contribution >= 0.6 is 22.9 Å². The van der Waals surface area contributed by atoms with Gasteiger partial charge in [0.1, 0.15) is 5.60 Å². The number of nitrogens with one attached hydrogen (secondary N) is 2. The summed E-state index contributed by atoms with van der Waals surface area (Å²) in [5, 5.41) is 2.95. The fourth-order valence-corrected chi connectivity index (χ4v) is 2.64. The minimum absolute atomic E-state index is 0.195. The minimum Gasteiger partial charge on any atom is -0.444 e. The number of ether oxygens (including phenoxy) is 1. The maximum atomic E-state index is 11.6. The highest BCUT2D eigenvalue weighted by Gasteiger charge is 2.27. The number of hydrogen-bond acceptors (Lipinski definition) is 3. The van der Waals surface area contributed by atoms with Crippen molar-refractivity contribution in [3.63, 3.8) is 0 Å². The molecule has 0 radical (unpaired) electrons. The molecule has 5 heteroatoms. The first-order chi connectivity index (χ1) is 7.42. The van der Waals surface area contributed by atoms with Crippen molar-refractivity contribution in [1.29, 1.82) is 0 Å². The van der Waals surface area contributed by atoms with E-state index < -0.39 is 5.60 Å². The first kappa shape index (κ1) is 14.0. The summed E-state index contributed by atoms with van der Waals surface area (Å²) in [5.41, 5.74) is -0.425. The lowest BCUT2D eigenvalue weighted by molar-refractivity contribution is 0.0484. The van der Waals surface area contributed by atoms with E-state index in [4.69, 9.17) is 4.74 Å². The monoisotopic (exact) mass is 340 g/mol. The molecule has 16 heavy (non-hydrogen) atoms. The normalized spacial score (nSPS) is 26.2. The van der Waals surface area contributed by atoms with Gasteiger partial charge in [0.2, 0.25) is 0 Å². The summed E-state index contributed by atoms with van der Waals surface area (Å²) < 4.78 is 8.47. The second-order valence-electron chi connectivity index (χ2n) is 5.25. The van der Waals surface area contributed by atoms with Crippen LogP contribution in [0.5, 0.6) is 0 Å². The van der Waals surface area contributed by atoms with Crippen LogP contribution in [0.15, 0.2) is 0 Å². The lowest BCUT2D eigenvalue weighted by Gasteiger charge is -2.32. The third kappa shape index (κ3) is 4.86. The Bertz CT molecular complexity index is 241. The Hall–Kier alpha value is -0.0400. The fraction of sp³-hybridized carbons (Fsp3) is 0.909. The Balaban J connectivity index is 2.42. The smallest absolute Gasteiger partial charge is 0.407 e. The van der Waals surface area contributed by atoms with Gasteiger partial charge in [-0.1, -0.05) is 12.8 Å². The van der Waals surface area contributed by atoms with Gasteiger partial charge < -0.3 is 10.1 Å². The molecule has 2 N–H and O–H groups in total. The molecule has 1 amide bonds. The van der Waals surface area contributed by atoms with Gasteiger partial charge in [-0.25, -0.2) is 4.79 Å². The predicted octanol–water partition coefficient (Wildman–Crippen LogP) is 2.76. The van der Waals surface area contributed by atoms with Crippen LogP contribution in [0, 0.1) is 0 Å². The Labute approximate surface area is 111 Å². The lowest BCUT2D eigenvalue weighted by Crippen LogP contribution is -2.50. The first-order valence-electron chi connectivity index (χ1n) is 5.78. The van der Waals surface area contributed by atoms with Gasteiger partial charge in [0, 0.05) is 34.9 Å². The number of alkyl carbamates (subject to hydrolysis) is 1. The van der Waals surface area contributed by atoms with Gasteiger partial charge in [-0.3, -0.25) is 3.53 Å². The second kappa shape index (κ2) is 6.05. The summed E-state index contributed by atoms with van der Waals surface area (Å²) in [5.74, 6) is 0. The van der Waals surface area contributed by atoms with Crippen LogP contribution in [0.4, 0.5) is 4.79 Å². The molecule has 0 aliphatic heterocycles. The third-order valence-electron chi connectivity index (χ3n) is 2.61. The van der Waals surface area contributed by atoms with E-state index in [0.717, 1.165) is 12.8 Å². The van der Waals surface area contributed by atoms with Crippen molar-refractivity contribution in [2.75, 3.05) is 0 Å². The van der Waals surface area contributed by atoms with E-state index in [1.54, 1.807) is 0 Å². The van der Waals surface area contributed by atoms with Gasteiger partial charge in [0.05, 0.1) is 0 Å². The Kier molecular flexibility index (Phi) is 5.30. The number of halogens is 1. The molecule has 0 saturated heterocycles. The van der Waals surface area contributed by atoms with E-state index >= 15 is 0 Å².